The van der Waals surface area contributed by atoms with Gasteiger partial charge in [0.2, 0.25) is 5.82 Å². The Kier molecular flexibility index (Phi) is 7.11. The van der Waals surface area contributed by atoms with Crippen molar-refractivity contribution in [1.29, 1.82) is 5.26 Å². The number of H-pyrrole nitrogens is 1. The number of nitrogens with one attached hydrogen (secondary N) is 3. The highest BCUT2D eigenvalue weighted by atomic mass is 35.5. The zero-order chi connectivity index (χ0) is 24.1. The predicted molar refractivity (Wildman–Crippen MR) is 131 cm³/mol. The number of benzene rings is 2. The summed E-state index contributed by atoms with van der Waals surface area (Å²) in [5.41, 5.74) is 9.04. The molecule has 4 aromatic rings. The number of rotatable bonds is 9. The maximum atomic E-state index is 9.32. The lowest BCUT2D eigenvalue weighted by atomic mass is 10.0. The Morgan fingerprint density at radius 2 is 2.03 bits per heavy atom. The van der Waals surface area contributed by atoms with Crippen LogP contribution in [0.1, 0.15) is 35.3 Å². The molecular weight excluding hydrogens is 452 g/mol. The maximum Gasteiger partial charge on any atom is 0.410 e. The Bertz CT molecular complexity index is 1330. The van der Waals surface area contributed by atoms with E-state index in [1.54, 1.807) is 17.7 Å². The molecule has 0 amide bonds. The Labute approximate surface area is 202 Å². The van der Waals surface area contributed by atoms with Gasteiger partial charge in [0, 0.05) is 16.7 Å². The Balaban J connectivity index is 1.57. The number of para-hydroxylation sites is 1. The molecule has 2 atom stereocenters. The van der Waals surface area contributed by atoms with Crippen LogP contribution in [0.15, 0.2) is 54.6 Å². The van der Waals surface area contributed by atoms with Crippen LogP contribution in [0.2, 0.25) is 5.02 Å². The normalized spacial score (nSPS) is 12.7. The summed E-state index contributed by atoms with van der Waals surface area (Å²) in [4.78, 5) is 9.08. The van der Waals surface area contributed by atoms with Crippen molar-refractivity contribution in [3.05, 3.63) is 76.4 Å². The minimum absolute atomic E-state index is 0.243. The van der Waals surface area contributed by atoms with Crippen LogP contribution in [0.4, 0.5) is 11.8 Å². The molecule has 0 aliphatic heterocycles. The van der Waals surface area contributed by atoms with Crippen LogP contribution in [0.5, 0.6) is 5.75 Å². The summed E-state index contributed by atoms with van der Waals surface area (Å²) in [6, 6.07) is 18.6. The Hall–Kier alpha value is -3.87. The van der Waals surface area contributed by atoms with E-state index in [0.29, 0.717) is 23.3 Å². The fourth-order valence-electron chi connectivity index (χ4n) is 3.75. The van der Waals surface area contributed by atoms with E-state index in [1.165, 1.54) is 0 Å². The Morgan fingerprint density at radius 1 is 1.21 bits per heavy atom. The number of nitriles is 1. The fraction of sp³-hybridized carbons (Fsp3) is 0.250. The van der Waals surface area contributed by atoms with E-state index >= 15 is 0 Å². The molecule has 0 aliphatic carbocycles. The number of fused-ring (bicyclic) bond motifs is 1. The van der Waals surface area contributed by atoms with Gasteiger partial charge in [0.25, 0.3) is 5.95 Å². The molecule has 174 valence electrons. The van der Waals surface area contributed by atoms with E-state index in [0.717, 1.165) is 28.4 Å². The number of aromatic amines is 1. The SMILES string of the molecule is COc1ccccc1[C@H](N)CNc1cc(C)nc2nc(N[C@H](CC#N)c3cccc(Cl)c3)[nH][n+]12. The molecule has 5 N–H and O–H groups in total. The molecule has 0 unspecified atom stereocenters. The second-order valence-corrected chi connectivity index (χ2v) is 8.27. The molecular formula is C24H26ClN8O+. The van der Waals surface area contributed by atoms with E-state index in [-0.39, 0.29) is 18.5 Å². The van der Waals surface area contributed by atoms with Crippen LogP contribution < -0.4 is 25.6 Å². The van der Waals surface area contributed by atoms with Crippen molar-refractivity contribution >= 4 is 29.1 Å². The van der Waals surface area contributed by atoms with Crippen molar-refractivity contribution in [2.75, 3.05) is 24.3 Å². The number of ether oxygens (including phenoxy) is 1. The second kappa shape index (κ2) is 10.4. The van der Waals surface area contributed by atoms with Crippen LogP contribution in [-0.4, -0.2) is 28.7 Å². The average molecular weight is 478 g/mol. The standard InChI is InChI=1S/C24H25ClN8O/c1-15-12-22(28-14-19(27)18-8-3-4-9-21(18)34-2)33-24(29-15)31-23(32-33)30-20(10-11-26)16-6-5-7-17(25)13-16/h3-9,12-13,19-20H,10,14,27H2,1-2H3,(H2,28,29,30,31,32)/p+1/t19-,20-/m1/s1. The summed E-state index contributed by atoms with van der Waals surface area (Å²) >= 11 is 6.14. The molecule has 2 aromatic carbocycles. The van der Waals surface area contributed by atoms with Gasteiger partial charge in [-0.3, -0.25) is 0 Å². The molecule has 0 fully saturated rings. The number of nitrogens with zero attached hydrogens (tertiary/aromatic N) is 4. The van der Waals surface area contributed by atoms with Crippen molar-refractivity contribution in [3.8, 4) is 11.8 Å². The molecule has 0 saturated carbocycles. The quantitative estimate of drug-likeness (QED) is 0.270. The highest BCUT2D eigenvalue weighted by molar-refractivity contribution is 6.30. The van der Waals surface area contributed by atoms with Gasteiger partial charge in [0.15, 0.2) is 0 Å². The lowest BCUT2D eigenvalue weighted by Gasteiger charge is -2.15. The topological polar surface area (TPSA) is 129 Å². The van der Waals surface area contributed by atoms with Crippen molar-refractivity contribution in [1.82, 2.24) is 15.1 Å². The average Bonchev–Trinajstić information content (AvgIpc) is 3.24. The van der Waals surface area contributed by atoms with Crippen molar-refractivity contribution in [3.63, 3.8) is 0 Å². The van der Waals surface area contributed by atoms with Gasteiger partial charge in [0.05, 0.1) is 38.2 Å². The summed E-state index contributed by atoms with van der Waals surface area (Å²) < 4.78 is 7.17. The van der Waals surface area contributed by atoms with E-state index < -0.39 is 0 Å². The first-order valence-electron chi connectivity index (χ1n) is 10.8. The molecule has 0 spiro atoms. The third kappa shape index (κ3) is 5.20. The van der Waals surface area contributed by atoms with Crippen LogP contribution >= 0.6 is 11.6 Å². The molecule has 2 aromatic heterocycles. The van der Waals surface area contributed by atoms with Crippen LogP contribution in [0.3, 0.4) is 0 Å². The molecule has 34 heavy (non-hydrogen) atoms. The van der Waals surface area contributed by atoms with Gasteiger partial charge in [-0.05, 0) is 30.7 Å². The van der Waals surface area contributed by atoms with Crippen LogP contribution in [0.25, 0.3) is 5.78 Å². The summed E-state index contributed by atoms with van der Waals surface area (Å²) in [6.07, 6.45) is 0.243. The first-order chi connectivity index (χ1) is 16.5. The van der Waals surface area contributed by atoms with E-state index in [9.17, 15) is 5.26 Å². The van der Waals surface area contributed by atoms with Crippen molar-refractivity contribution < 1.29 is 9.25 Å². The van der Waals surface area contributed by atoms with Crippen LogP contribution in [0, 0.1) is 18.3 Å². The van der Waals surface area contributed by atoms with Crippen molar-refractivity contribution in [2.24, 2.45) is 5.73 Å². The number of aryl methyl sites for hydroxylation is 1. The van der Waals surface area contributed by atoms with Gasteiger partial charge in [-0.25, -0.2) is 5.10 Å². The third-order valence-corrected chi connectivity index (χ3v) is 5.63. The predicted octanol–water partition coefficient (Wildman–Crippen LogP) is 3.69. The minimum Gasteiger partial charge on any atom is -0.496 e. The molecule has 10 heteroatoms. The van der Waals surface area contributed by atoms with Gasteiger partial charge < -0.3 is 21.1 Å². The van der Waals surface area contributed by atoms with Gasteiger partial charge >= 0.3 is 5.78 Å². The zero-order valence-electron chi connectivity index (χ0n) is 18.9. The smallest absolute Gasteiger partial charge is 0.410 e. The zero-order valence-corrected chi connectivity index (χ0v) is 19.7. The Morgan fingerprint density at radius 3 is 2.79 bits per heavy atom. The molecule has 0 bridgehead atoms. The number of hydrogen-bond acceptors (Lipinski definition) is 7. The molecule has 0 aliphatic rings. The van der Waals surface area contributed by atoms with E-state index in [1.807, 2.05) is 55.5 Å². The molecule has 4 rings (SSSR count). The number of anilines is 2. The summed E-state index contributed by atoms with van der Waals surface area (Å²) in [5, 5.41) is 19.8. The molecule has 0 radical (unpaired) electrons. The molecule has 2 heterocycles. The number of halogens is 1. The maximum absolute atomic E-state index is 9.32. The number of methoxy groups -OCH3 is 1. The largest absolute Gasteiger partial charge is 0.496 e. The monoisotopic (exact) mass is 477 g/mol. The fourth-order valence-corrected chi connectivity index (χ4v) is 3.95. The molecule has 9 nitrogen and oxygen atoms in total. The summed E-state index contributed by atoms with van der Waals surface area (Å²) in [6.45, 7) is 2.37. The number of nitrogens with two attached hydrogens (primary N) is 1. The van der Waals surface area contributed by atoms with Gasteiger partial charge in [0.1, 0.15) is 11.4 Å². The van der Waals surface area contributed by atoms with Gasteiger partial charge in [-0.2, -0.15) is 5.26 Å². The van der Waals surface area contributed by atoms with Gasteiger partial charge in [-0.15, -0.1) is 9.50 Å². The first-order valence-corrected chi connectivity index (χ1v) is 11.2. The summed E-state index contributed by atoms with van der Waals surface area (Å²) in [5.74, 6) is 2.47. The lowest BCUT2D eigenvalue weighted by molar-refractivity contribution is -0.564. The minimum atomic E-state index is -0.290. The highest BCUT2D eigenvalue weighted by Gasteiger charge is 2.21. The number of aromatic nitrogens is 4. The highest BCUT2D eigenvalue weighted by Crippen LogP contribution is 2.25. The van der Waals surface area contributed by atoms with Crippen LogP contribution in [-0.2, 0) is 0 Å². The summed E-state index contributed by atoms with van der Waals surface area (Å²) in [7, 11) is 1.63. The number of hydrogen-bond donors (Lipinski definition) is 4. The lowest BCUT2D eigenvalue weighted by Crippen LogP contribution is -2.32. The third-order valence-electron chi connectivity index (χ3n) is 5.39. The molecule has 0 saturated heterocycles. The van der Waals surface area contributed by atoms with E-state index in [4.69, 9.17) is 22.1 Å². The van der Waals surface area contributed by atoms with Crippen molar-refractivity contribution in [2.45, 2.75) is 25.4 Å². The second-order valence-electron chi connectivity index (χ2n) is 7.83. The van der Waals surface area contributed by atoms with E-state index in [2.05, 4.69) is 31.8 Å². The van der Waals surface area contributed by atoms with Gasteiger partial charge in [-0.1, -0.05) is 46.9 Å². The first kappa shape index (κ1) is 23.3.